The number of ketones is 1. The molecule has 1 aliphatic rings. The topological polar surface area (TPSA) is 44.1 Å². The number of carbonyl (C=O) groups excluding carboxylic acids is 1. The van der Waals surface area contributed by atoms with Gasteiger partial charge in [-0.05, 0) is 32.6 Å². The molecule has 4 heteroatoms. The van der Waals surface area contributed by atoms with Crippen molar-refractivity contribution in [2.75, 3.05) is 13.2 Å². The Morgan fingerprint density at radius 3 is 2.72 bits per heavy atom. The van der Waals surface area contributed by atoms with Gasteiger partial charge in [0.05, 0.1) is 23.9 Å². The Hall–Kier alpha value is -1.16. The first-order chi connectivity index (χ1) is 8.69. The number of hydrogen-bond acceptors (Lipinski definition) is 3. The second-order valence-corrected chi connectivity index (χ2v) is 4.85. The molecule has 1 saturated heterocycles. The van der Waals surface area contributed by atoms with Crippen molar-refractivity contribution in [2.24, 2.45) is 0 Å². The molecule has 1 fully saturated rings. The standard InChI is InChI=1S/C14H22N2O2/c1-4-12-14(10(3)17)13(5-2)16(15-12)11-7-6-8-18-9-11/h11H,4-9H2,1-3H3. The summed E-state index contributed by atoms with van der Waals surface area (Å²) in [5, 5.41) is 4.66. The van der Waals surface area contributed by atoms with Crippen LogP contribution in [0.5, 0.6) is 0 Å². The molecular formula is C14H22N2O2. The molecule has 2 rings (SSSR count). The van der Waals surface area contributed by atoms with E-state index in [-0.39, 0.29) is 5.78 Å². The smallest absolute Gasteiger partial charge is 0.163 e. The zero-order chi connectivity index (χ0) is 13.1. The van der Waals surface area contributed by atoms with Gasteiger partial charge in [0.1, 0.15) is 0 Å². The third-order valence-electron chi connectivity index (χ3n) is 3.59. The number of Topliss-reactive ketones (excluding diaryl/α,β-unsaturated/α-hetero) is 1. The van der Waals surface area contributed by atoms with E-state index in [9.17, 15) is 4.79 Å². The highest BCUT2D eigenvalue weighted by molar-refractivity contribution is 5.96. The van der Waals surface area contributed by atoms with Crippen LogP contribution in [0.2, 0.25) is 0 Å². The van der Waals surface area contributed by atoms with Crippen molar-refractivity contribution in [1.82, 2.24) is 9.78 Å². The summed E-state index contributed by atoms with van der Waals surface area (Å²) in [5.41, 5.74) is 2.85. The fourth-order valence-corrected chi connectivity index (χ4v) is 2.73. The summed E-state index contributed by atoms with van der Waals surface area (Å²) in [5.74, 6) is 0.131. The molecule has 0 spiro atoms. The van der Waals surface area contributed by atoms with Crippen LogP contribution >= 0.6 is 0 Å². The van der Waals surface area contributed by atoms with Gasteiger partial charge < -0.3 is 4.74 Å². The molecule has 1 atom stereocenters. The van der Waals surface area contributed by atoms with Crippen LogP contribution in [0.4, 0.5) is 0 Å². The van der Waals surface area contributed by atoms with Gasteiger partial charge in [-0.3, -0.25) is 9.48 Å². The average molecular weight is 250 g/mol. The second-order valence-electron chi connectivity index (χ2n) is 4.85. The molecule has 18 heavy (non-hydrogen) atoms. The highest BCUT2D eigenvalue weighted by atomic mass is 16.5. The van der Waals surface area contributed by atoms with Crippen molar-refractivity contribution in [2.45, 2.75) is 52.5 Å². The highest BCUT2D eigenvalue weighted by Gasteiger charge is 2.24. The number of hydrogen-bond donors (Lipinski definition) is 0. The van der Waals surface area contributed by atoms with Crippen LogP contribution in [0.1, 0.15) is 61.4 Å². The molecule has 1 aliphatic heterocycles. The molecule has 4 nitrogen and oxygen atoms in total. The summed E-state index contributed by atoms with van der Waals surface area (Å²) in [6.07, 6.45) is 3.82. The molecule has 2 heterocycles. The number of ether oxygens (including phenoxy) is 1. The molecule has 100 valence electrons. The summed E-state index contributed by atoms with van der Waals surface area (Å²) in [6, 6.07) is 0.298. The number of carbonyl (C=O) groups is 1. The van der Waals surface area contributed by atoms with Gasteiger partial charge in [0.25, 0.3) is 0 Å². The van der Waals surface area contributed by atoms with Crippen LogP contribution in [0.3, 0.4) is 0 Å². The lowest BCUT2D eigenvalue weighted by Crippen LogP contribution is -2.24. The lowest BCUT2D eigenvalue weighted by atomic mass is 10.0. The Balaban J connectivity index is 2.42. The summed E-state index contributed by atoms with van der Waals surface area (Å²) in [4.78, 5) is 11.8. The molecule has 1 aromatic heterocycles. The van der Waals surface area contributed by atoms with Gasteiger partial charge in [0.2, 0.25) is 0 Å². The fourth-order valence-electron chi connectivity index (χ4n) is 2.73. The first kappa shape index (κ1) is 13.3. The molecule has 1 unspecified atom stereocenters. The fraction of sp³-hybridized carbons (Fsp3) is 0.714. The van der Waals surface area contributed by atoms with Crippen molar-refractivity contribution >= 4 is 5.78 Å². The summed E-state index contributed by atoms with van der Waals surface area (Å²) < 4.78 is 7.58. The lowest BCUT2D eigenvalue weighted by Gasteiger charge is -2.24. The summed E-state index contributed by atoms with van der Waals surface area (Å²) in [6.45, 7) is 7.34. The van der Waals surface area contributed by atoms with Gasteiger partial charge >= 0.3 is 0 Å². The number of nitrogens with zero attached hydrogens (tertiary/aromatic N) is 2. The van der Waals surface area contributed by atoms with Gasteiger partial charge in [0.15, 0.2) is 5.78 Å². The van der Waals surface area contributed by atoms with Crippen LogP contribution in [-0.2, 0) is 17.6 Å². The lowest BCUT2D eigenvalue weighted by molar-refractivity contribution is 0.0538. The number of aryl methyl sites for hydroxylation is 1. The zero-order valence-electron chi connectivity index (χ0n) is 11.5. The maximum atomic E-state index is 11.8. The quantitative estimate of drug-likeness (QED) is 0.771. The predicted molar refractivity (Wildman–Crippen MR) is 70.1 cm³/mol. The van der Waals surface area contributed by atoms with E-state index in [0.717, 1.165) is 55.8 Å². The SMILES string of the molecule is CCc1nn(C2CCCOC2)c(CC)c1C(C)=O. The first-order valence-corrected chi connectivity index (χ1v) is 6.87. The van der Waals surface area contributed by atoms with Gasteiger partial charge in [-0.2, -0.15) is 5.10 Å². The third kappa shape index (κ3) is 2.34. The average Bonchev–Trinajstić information content (AvgIpc) is 2.78. The van der Waals surface area contributed by atoms with Crippen molar-refractivity contribution in [1.29, 1.82) is 0 Å². The molecule has 1 aromatic rings. The molecule has 0 aromatic carbocycles. The van der Waals surface area contributed by atoms with E-state index < -0.39 is 0 Å². The van der Waals surface area contributed by atoms with Crippen LogP contribution in [0.15, 0.2) is 0 Å². The maximum absolute atomic E-state index is 11.8. The van der Waals surface area contributed by atoms with E-state index in [1.807, 2.05) is 0 Å². The molecule has 0 saturated carbocycles. The van der Waals surface area contributed by atoms with Crippen molar-refractivity contribution in [3.05, 3.63) is 17.0 Å². The van der Waals surface area contributed by atoms with Crippen LogP contribution < -0.4 is 0 Å². The normalized spacial score (nSPS) is 20.1. The summed E-state index contributed by atoms with van der Waals surface area (Å²) >= 11 is 0. The van der Waals surface area contributed by atoms with Crippen LogP contribution in [0, 0.1) is 0 Å². The second kappa shape index (κ2) is 5.65. The van der Waals surface area contributed by atoms with E-state index in [1.54, 1.807) is 6.92 Å². The Morgan fingerprint density at radius 2 is 2.22 bits per heavy atom. The van der Waals surface area contributed by atoms with E-state index >= 15 is 0 Å². The molecule has 0 radical (unpaired) electrons. The van der Waals surface area contributed by atoms with E-state index in [1.165, 1.54) is 0 Å². The first-order valence-electron chi connectivity index (χ1n) is 6.87. The Labute approximate surface area is 108 Å². The monoisotopic (exact) mass is 250 g/mol. The maximum Gasteiger partial charge on any atom is 0.163 e. The van der Waals surface area contributed by atoms with Gasteiger partial charge in [0, 0.05) is 12.3 Å². The van der Waals surface area contributed by atoms with E-state index in [2.05, 4.69) is 23.6 Å². The Kier molecular flexibility index (Phi) is 4.17. The molecule has 0 bridgehead atoms. The van der Waals surface area contributed by atoms with Gasteiger partial charge in [-0.25, -0.2) is 0 Å². The predicted octanol–water partition coefficient (Wildman–Crippen LogP) is 2.56. The minimum Gasteiger partial charge on any atom is -0.379 e. The Morgan fingerprint density at radius 1 is 1.44 bits per heavy atom. The van der Waals surface area contributed by atoms with Crippen molar-refractivity contribution in [3.63, 3.8) is 0 Å². The highest BCUT2D eigenvalue weighted by Crippen LogP contribution is 2.25. The minimum atomic E-state index is 0.131. The molecular weight excluding hydrogens is 228 g/mol. The number of aromatic nitrogens is 2. The van der Waals surface area contributed by atoms with Crippen molar-refractivity contribution in [3.8, 4) is 0 Å². The van der Waals surface area contributed by atoms with Gasteiger partial charge in [-0.1, -0.05) is 13.8 Å². The Bertz CT molecular complexity index is 431. The van der Waals surface area contributed by atoms with E-state index in [4.69, 9.17) is 4.74 Å². The van der Waals surface area contributed by atoms with Crippen LogP contribution in [0.25, 0.3) is 0 Å². The largest absolute Gasteiger partial charge is 0.379 e. The summed E-state index contributed by atoms with van der Waals surface area (Å²) in [7, 11) is 0. The molecule has 0 aliphatic carbocycles. The molecule has 0 amide bonds. The van der Waals surface area contributed by atoms with Crippen LogP contribution in [-0.4, -0.2) is 28.8 Å². The zero-order valence-corrected chi connectivity index (χ0v) is 11.5. The third-order valence-corrected chi connectivity index (χ3v) is 3.59. The molecule has 0 N–H and O–H groups in total. The van der Waals surface area contributed by atoms with Gasteiger partial charge in [-0.15, -0.1) is 0 Å². The minimum absolute atomic E-state index is 0.131. The van der Waals surface area contributed by atoms with Crippen molar-refractivity contribution < 1.29 is 9.53 Å². The number of rotatable bonds is 4. The van der Waals surface area contributed by atoms with E-state index in [0.29, 0.717) is 6.04 Å².